The molecule has 3 aromatic carbocycles. The highest BCUT2D eigenvalue weighted by Gasteiger charge is 2.52. The Hall–Kier alpha value is -2.78. The van der Waals surface area contributed by atoms with Gasteiger partial charge in [0.05, 0.1) is 16.9 Å². The van der Waals surface area contributed by atoms with Crippen molar-refractivity contribution in [2.24, 2.45) is 5.92 Å². The summed E-state index contributed by atoms with van der Waals surface area (Å²) in [6.07, 6.45) is -0.598. The number of hydrogen-bond donors (Lipinski definition) is 1. The molecule has 0 bridgehead atoms. The third-order valence-electron chi connectivity index (χ3n) is 7.30. The van der Waals surface area contributed by atoms with E-state index in [9.17, 15) is 18.3 Å². The molecule has 0 amide bonds. The van der Waals surface area contributed by atoms with E-state index in [1.807, 2.05) is 43.3 Å². The van der Waals surface area contributed by atoms with Crippen LogP contribution in [0.3, 0.4) is 0 Å². The molecule has 1 aliphatic rings. The number of aryl methyl sites for hydroxylation is 1. The number of aliphatic carboxylic acids is 1. The Kier molecular flexibility index (Phi) is 8.28. The number of rotatable bonds is 8. The van der Waals surface area contributed by atoms with Crippen molar-refractivity contribution in [3.63, 3.8) is 0 Å². The van der Waals surface area contributed by atoms with Crippen molar-refractivity contribution in [3.8, 4) is 0 Å². The molecule has 1 N–H and O–H groups in total. The van der Waals surface area contributed by atoms with Crippen molar-refractivity contribution in [3.05, 3.63) is 90.5 Å². The molecule has 4 rings (SSSR count). The fourth-order valence-electron chi connectivity index (χ4n) is 5.47. The second-order valence-corrected chi connectivity index (χ2v) is 17.0. The molecule has 0 saturated heterocycles. The SMILES string of the molecule is Cc1ccc(S(=O)(=O)O[C@@H]2C[C@H](O[Si](c3ccccc3)(c3ccccc3)C(C)(C)C)C[C@H](C(=O)O)C2)cc1. The molecule has 38 heavy (non-hydrogen) atoms. The topological polar surface area (TPSA) is 89.9 Å². The molecule has 1 fully saturated rings. The quantitative estimate of drug-likeness (QED) is 0.316. The third-order valence-corrected chi connectivity index (χ3v) is 13.8. The Bertz CT molecular complexity index is 1300. The normalized spacial score (nSPS) is 20.7. The molecule has 0 aliphatic heterocycles. The van der Waals surface area contributed by atoms with Gasteiger partial charge in [0.25, 0.3) is 18.4 Å². The van der Waals surface area contributed by atoms with E-state index >= 15 is 0 Å². The number of carboxylic acids is 1. The average molecular weight is 553 g/mol. The molecule has 0 radical (unpaired) electrons. The van der Waals surface area contributed by atoms with Gasteiger partial charge in [-0.1, -0.05) is 99.1 Å². The Labute approximate surface area is 226 Å². The minimum atomic E-state index is -4.06. The third kappa shape index (κ3) is 5.94. The summed E-state index contributed by atoms with van der Waals surface area (Å²) >= 11 is 0. The summed E-state index contributed by atoms with van der Waals surface area (Å²) in [4.78, 5) is 12.2. The fraction of sp³-hybridized carbons (Fsp3) is 0.367. The monoisotopic (exact) mass is 552 g/mol. The van der Waals surface area contributed by atoms with Crippen LogP contribution in [-0.2, 0) is 23.5 Å². The van der Waals surface area contributed by atoms with Crippen LogP contribution in [0.4, 0.5) is 0 Å². The summed E-state index contributed by atoms with van der Waals surface area (Å²) in [7, 11) is -7.02. The first-order valence-electron chi connectivity index (χ1n) is 12.9. The molecule has 1 saturated carbocycles. The van der Waals surface area contributed by atoms with Gasteiger partial charge in [-0.05, 0) is 47.3 Å². The Morgan fingerprint density at radius 3 is 1.79 bits per heavy atom. The van der Waals surface area contributed by atoms with Crippen molar-refractivity contribution in [1.29, 1.82) is 0 Å². The van der Waals surface area contributed by atoms with Crippen LogP contribution in [0.5, 0.6) is 0 Å². The lowest BCUT2D eigenvalue weighted by atomic mass is 9.85. The Morgan fingerprint density at radius 1 is 0.816 bits per heavy atom. The van der Waals surface area contributed by atoms with E-state index < -0.39 is 42.5 Å². The van der Waals surface area contributed by atoms with E-state index in [4.69, 9.17) is 8.61 Å². The van der Waals surface area contributed by atoms with E-state index in [1.54, 1.807) is 12.1 Å². The van der Waals surface area contributed by atoms with E-state index in [-0.39, 0.29) is 16.4 Å². The van der Waals surface area contributed by atoms with Crippen LogP contribution < -0.4 is 10.4 Å². The first-order chi connectivity index (χ1) is 17.9. The minimum Gasteiger partial charge on any atom is -0.481 e. The van der Waals surface area contributed by atoms with Gasteiger partial charge in [-0.15, -0.1) is 0 Å². The summed E-state index contributed by atoms with van der Waals surface area (Å²) in [5, 5.41) is 11.8. The lowest BCUT2D eigenvalue weighted by Crippen LogP contribution is -2.68. The van der Waals surface area contributed by atoms with Crippen molar-refractivity contribution in [2.75, 3.05) is 0 Å². The molecular weight excluding hydrogens is 516 g/mol. The summed E-state index contributed by atoms with van der Waals surface area (Å²) in [6.45, 7) is 8.36. The molecule has 0 heterocycles. The van der Waals surface area contributed by atoms with Crippen LogP contribution in [0.2, 0.25) is 5.04 Å². The highest BCUT2D eigenvalue weighted by atomic mass is 32.2. The number of benzene rings is 3. The Morgan fingerprint density at radius 2 is 1.32 bits per heavy atom. The smallest absolute Gasteiger partial charge is 0.306 e. The van der Waals surface area contributed by atoms with Crippen molar-refractivity contribution in [2.45, 2.75) is 69.1 Å². The maximum absolute atomic E-state index is 13.1. The first-order valence-corrected chi connectivity index (χ1v) is 16.3. The number of hydrogen-bond acceptors (Lipinski definition) is 5. The summed E-state index contributed by atoms with van der Waals surface area (Å²) in [5.41, 5.74) is 0.936. The van der Waals surface area contributed by atoms with Gasteiger partial charge in [0.15, 0.2) is 0 Å². The summed E-state index contributed by atoms with van der Waals surface area (Å²) < 4.78 is 39.0. The van der Waals surface area contributed by atoms with Gasteiger partial charge in [0.2, 0.25) is 0 Å². The first kappa shape index (κ1) is 28.2. The molecule has 202 valence electrons. The highest BCUT2D eigenvalue weighted by molar-refractivity contribution is 7.86. The fourth-order valence-corrected chi connectivity index (χ4v) is 11.3. The van der Waals surface area contributed by atoms with Gasteiger partial charge in [-0.3, -0.25) is 8.98 Å². The van der Waals surface area contributed by atoms with Crippen LogP contribution in [0.15, 0.2) is 89.8 Å². The van der Waals surface area contributed by atoms with Gasteiger partial charge in [0, 0.05) is 12.5 Å². The molecule has 6 nitrogen and oxygen atoms in total. The van der Waals surface area contributed by atoms with E-state index in [0.717, 1.165) is 15.9 Å². The highest BCUT2D eigenvalue weighted by Crippen LogP contribution is 2.40. The predicted octanol–water partition coefficient (Wildman–Crippen LogP) is 4.90. The maximum Gasteiger partial charge on any atom is 0.306 e. The zero-order valence-electron chi connectivity index (χ0n) is 22.3. The summed E-state index contributed by atoms with van der Waals surface area (Å²) in [6, 6.07) is 26.7. The van der Waals surface area contributed by atoms with Gasteiger partial charge >= 0.3 is 5.97 Å². The number of carbonyl (C=O) groups is 1. The van der Waals surface area contributed by atoms with Crippen LogP contribution in [0, 0.1) is 12.8 Å². The van der Waals surface area contributed by atoms with Crippen molar-refractivity contribution < 1.29 is 26.9 Å². The second kappa shape index (κ2) is 11.1. The van der Waals surface area contributed by atoms with Crippen LogP contribution in [0.25, 0.3) is 0 Å². The van der Waals surface area contributed by atoms with Gasteiger partial charge < -0.3 is 9.53 Å². The zero-order chi connectivity index (χ0) is 27.6. The second-order valence-electron chi connectivity index (χ2n) is 11.1. The van der Waals surface area contributed by atoms with Gasteiger partial charge in [-0.2, -0.15) is 8.42 Å². The van der Waals surface area contributed by atoms with Gasteiger partial charge in [-0.25, -0.2) is 0 Å². The maximum atomic E-state index is 13.1. The van der Waals surface area contributed by atoms with Gasteiger partial charge in [0.1, 0.15) is 0 Å². The molecule has 0 spiro atoms. The number of carboxylic acid groups (broad SMARTS) is 1. The Balaban J connectivity index is 1.72. The average Bonchev–Trinajstić information content (AvgIpc) is 2.87. The molecule has 1 aliphatic carbocycles. The van der Waals surface area contributed by atoms with E-state index in [0.29, 0.717) is 12.8 Å². The minimum absolute atomic E-state index is 0.0602. The van der Waals surface area contributed by atoms with E-state index in [1.165, 1.54) is 12.1 Å². The summed E-state index contributed by atoms with van der Waals surface area (Å²) in [5.74, 6) is -1.74. The molecular formula is C30H36O6SSi. The molecule has 8 heteroatoms. The van der Waals surface area contributed by atoms with Crippen molar-refractivity contribution >= 4 is 34.8 Å². The van der Waals surface area contributed by atoms with Crippen molar-refractivity contribution in [1.82, 2.24) is 0 Å². The van der Waals surface area contributed by atoms with Crippen LogP contribution >= 0.6 is 0 Å². The van der Waals surface area contributed by atoms with Crippen LogP contribution in [0.1, 0.15) is 45.6 Å². The van der Waals surface area contributed by atoms with E-state index in [2.05, 4.69) is 45.0 Å². The lowest BCUT2D eigenvalue weighted by Gasteiger charge is -2.47. The largest absolute Gasteiger partial charge is 0.481 e. The molecule has 0 aromatic heterocycles. The predicted molar refractivity (Wildman–Crippen MR) is 151 cm³/mol. The zero-order valence-corrected chi connectivity index (χ0v) is 24.1. The lowest BCUT2D eigenvalue weighted by molar-refractivity contribution is -0.145. The molecule has 0 unspecified atom stereocenters. The molecule has 3 atom stereocenters. The standard InChI is InChI=1S/C30H36O6SSi/c1-22-15-17-26(18-16-22)37(33,34)35-24-19-23(29(31)32)20-25(21-24)36-38(30(2,3)4,27-11-7-5-8-12-27)28-13-9-6-10-14-28/h5-18,23-25H,19-21H2,1-4H3,(H,31,32)/t23-,24+,25-/m1/s1. The molecule has 3 aromatic rings. The van der Waals surface area contributed by atoms with Crippen LogP contribution in [-0.4, -0.2) is 40.0 Å².